The maximum absolute atomic E-state index is 14.5. The molecule has 5 amide bonds. The summed E-state index contributed by atoms with van der Waals surface area (Å²) in [5, 5.41) is 18.3. The molecule has 0 aromatic heterocycles. The van der Waals surface area contributed by atoms with Gasteiger partial charge in [-0.15, -0.1) is 0 Å². The number of aliphatic carboxylic acids is 1. The van der Waals surface area contributed by atoms with Gasteiger partial charge in [0.05, 0.1) is 6.54 Å². The van der Waals surface area contributed by atoms with Crippen LogP contribution in [0.15, 0.2) is 36.4 Å². The molecule has 5 rings (SSSR count). The van der Waals surface area contributed by atoms with Gasteiger partial charge < -0.3 is 40.3 Å². The maximum atomic E-state index is 14.5. The fourth-order valence-electron chi connectivity index (χ4n) is 7.25. The molecule has 0 unspecified atom stereocenters. The minimum Gasteiger partial charge on any atom is -0.479 e. The number of benzene rings is 1. The summed E-state index contributed by atoms with van der Waals surface area (Å²) >= 11 is 0. The quantitative estimate of drug-likeness (QED) is 0.318. The molecule has 3 aliphatic heterocycles. The molecule has 1 saturated heterocycles. The lowest BCUT2D eigenvalue weighted by molar-refractivity contribution is -0.146. The van der Waals surface area contributed by atoms with Gasteiger partial charge in [0.15, 0.2) is 0 Å². The van der Waals surface area contributed by atoms with Crippen LogP contribution >= 0.6 is 0 Å². The first kappa shape index (κ1) is 38.6. The van der Waals surface area contributed by atoms with Crippen LogP contribution < -0.4 is 16.0 Å². The third-order valence-electron chi connectivity index (χ3n) is 10.2. The number of alkyl carbamates (subject to hydrolysis) is 1. The van der Waals surface area contributed by atoms with Crippen molar-refractivity contribution in [3.63, 3.8) is 0 Å². The number of carboxylic acids is 1. The molecule has 6 atom stereocenters. The molecule has 4 N–H and O–H groups in total. The number of allylic oxidation sites excluding steroid dienone is 1. The Kier molecular flexibility index (Phi) is 11.8. The Balaban J connectivity index is 1.38. The summed E-state index contributed by atoms with van der Waals surface area (Å²) in [6.45, 7) is 9.36. The second-order valence-corrected chi connectivity index (χ2v) is 15.8. The third kappa shape index (κ3) is 9.23. The molecule has 2 fully saturated rings. The summed E-state index contributed by atoms with van der Waals surface area (Å²) in [6.07, 6.45) is 5.48. The second kappa shape index (κ2) is 16.0. The number of carbonyl (C=O) groups excluding carboxylic acids is 5. The Morgan fingerprint density at radius 3 is 2.48 bits per heavy atom. The van der Waals surface area contributed by atoms with E-state index < -0.39 is 77.2 Å². The van der Waals surface area contributed by atoms with Gasteiger partial charge >= 0.3 is 18.2 Å². The summed E-state index contributed by atoms with van der Waals surface area (Å²) in [5.74, 6) is -3.71. The smallest absolute Gasteiger partial charge is 0.410 e. The van der Waals surface area contributed by atoms with Crippen molar-refractivity contribution in [2.45, 2.75) is 128 Å². The Morgan fingerprint density at radius 2 is 1.79 bits per heavy atom. The number of ether oxygens (including phenoxy) is 2. The Bertz CT molecular complexity index is 1570. The molecule has 14 nitrogen and oxygen atoms in total. The monoisotopic (exact) mass is 723 g/mol. The minimum atomic E-state index is -1.50. The van der Waals surface area contributed by atoms with E-state index in [0.717, 1.165) is 24.0 Å². The van der Waals surface area contributed by atoms with Crippen molar-refractivity contribution in [1.29, 1.82) is 0 Å². The predicted molar refractivity (Wildman–Crippen MR) is 190 cm³/mol. The summed E-state index contributed by atoms with van der Waals surface area (Å²) in [5.41, 5.74) is -0.106. The van der Waals surface area contributed by atoms with Crippen LogP contribution in [0, 0.1) is 11.8 Å². The summed E-state index contributed by atoms with van der Waals surface area (Å²) < 4.78 is 11.3. The highest BCUT2D eigenvalue weighted by molar-refractivity contribution is 5.97. The highest BCUT2D eigenvalue weighted by Gasteiger charge is 2.61. The summed E-state index contributed by atoms with van der Waals surface area (Å²) in [7, 11) is 0. The fourth-order valence-corrected chi connectivity index (χ4v) is 7.25. The fraction of sp³-hybridized carbons (Fsp3) is 0.632. The van der Waals surface area contributed by atoms with Gasteiger partial charge in [0.2, 0.25) is 17.7 Å². The number of carboxylic acid groups (broad SMARTS) is 1. The van der Waals surface area contributed by atoms with E-state index in [0.29, 0.717) is 32.4 Å². The predicted octanol–water partition coefficient (Wildman–Crippen LogP) is 3.66. The lowest BCUT2D eigenvalue weighted by Gasteiger charge is -2.31. The van der Waals surface area contributed by atoms with Gasteiger partial charge in [-0.1, -0.05) is 63.1 Å². The van der Waals surface area contributed by atoms with Gasteiger partial charge in [0.25, 0.3) is 0 Å². The molecule has 1 aliphatic carbocycles. The summed E-state index contributed by atoms with van der Waals surface area (Å²) in [4.78, 5) is 83.6. The third-order valence-corrected chi connectivity index (χ3v) is 10.2. The Hall–Kier alpha value is -4.62. The topological polar surface area (TPSA) is 184 Å². The average molecular weight is 724 g/mol. The van der Waals surface area contributed by atoms with E-state index >= 15 is 0 Å². The van der Waals surface area contributed by atoms with Gasteiger partial charge in [-0.05, 0) is 69.9 Å². The number of fused-ring (bicyclic) bond motifs is 3. The van der Waals surface area contributed by atoms with Gasteiger partial charge in [0, 0.05) is 25.4 Å². The number of carbonyl (C=O) groups is 6. The van der Waals surface area contributed by atoms with Gasteiger partial charge in [-0.25, -0.2) is 14.4 Å². The van der Waals surface area contributed by atoms with Crippen molar-refractivity contribution in [2.75, 3.05) is 13.1 Å². The van der Waals surface area contributed by atoms with E-state index in [1.807, 2.05) is 36.4 Å². The first-order valence-corrected chi connectivity index (χ1v) is 18.4. The molecule has 3 heterocycles. The van der Waals surface area contributed by atoms with E-state index in [1.54, 1.807) is 39.5 Å². The minimum absolute atomic E-state index is 0.0422. The first-order chi connectivity index (χ1) is 24.6. The zero-order valence-electron chi connectivity index (χ0n) is 30.8. The maximum Gasteiger partial charge on any atom is 0.410 e. The highest BCUT2D eigenvalue weighted by atomic mass is 16.6. The zero-order chi connectivity index (χ0) is 37.8. The van der Waals surface area contributed by atoms with Crippen molar-refractivity contribution in [2.24, 2.45) is 11.8 Å². The van der Waals surface area contributed by atoms with Crippen molar-refractivity contribution in [3.8, 4) is 0 Å². The largest absolute Gasteiger partial charge is 0.479 e. The molecular weight excluding hydrogens is 670 g/mol. The molecule has 0 bridgehead atoms. The number of hydrogen-bond donors (Lipinski definition) is 4. The molecule has 1 saturated carbocycles. The van der Waals surface area contributed by atoms with Crippen LogP contribution in [0.5, 0.6) is 0 Å². The summed E-state index contributed by atoms with van der Waals surface area (Å²) in [6, 6.07) is 4.62. The van der Waals surface area contributed by atoms with Crippen LogP contribution in [0.4, 0.5) is 9.59 Å². The van der Waals surface area contributed by atoms with Crippen molar-refractivity contribution < 1.29 is 43.3 Å². The van der Waals surface area contributed by atoms with Crippen molar-refractivity contribution in [3.05, 3.63) is 47.5 Å². The Labute approximate surface area is 305 Å². The molecule has 1 aromatic rings. The number of rotatable bonds is 6. The van der Waals surface area contributed by atoms with E-state index in [1.165, 1.54) is 4.90 Å². The first-order valence-electron chi connectivity index (χ1n) is 18.4. The molecule has 14 heteroatoms. The van der Waals surface area contributed by atoms with Crippen molar-refractivity contribution in [1.82, 2.24) is 25.8 Å². The van der Waals surface area contributed by atoms with Crippen molar-refractivity contribution >= 4 is 35.9 Å². The number of nitrogens with zero attached hydrogens (tertiary/aromatic N) is 2. The Morgan fingerprint density at radius 1 is 1.06 bits per heavy atom. The lowest BCUT2D eigenvalue weighted by atomic mass is 10.0. The highest BCUT2D eigenvalue weighted by Crippen LogP contribution is 2.45. The molecule has 284 valence electrons. The van der Waals surface area contributed by atoms with E-state index in [4.69, 9.17) is 9.47 Å². The molecule has 0 radical (unpaired) electrons. The number of hydrogen-bond acceptors (Lipinski definition) is 8. The van der Waals surface area contributed by atoms with Crippen LogP contribution in [0.2, 0.25) is 0 Å². The van der Waals surface area contributed by atoms with Crippen LogP contribution in [0.1, 0.15) is 90.7 Å². The average Bonchev–Trinajstić information content (AvgIpc) is 3.61. The zero-order valence-corrected chi connectivity index (χ0v) is 30.8. The number of amides is 5. The molecular formula is C38H53N5O9. The van der Waals surface area contributed by atoms with E-state index in [9.17, 15) is 33.9 Å². The molecule has 52 heavy (non-hydrogen) atoms. The normalized spacial score (nSPS) is 27.7. The number of nitrogens with one attached hydrogen (secondary N) is 3. The van der Waals surface area contributed by atoms with Gasteiger partial charge in [0.1, 0.15) is 35.4 Å². The van der Waals surface area contributed by atoms with E-state index in [-0.39, 0.29) is 31.7 Å². The van der Waals surface area contributed by atoms with Gasteiger partial charge in [-0.2, -0.15) is 0 Å². The van der Waals surface area contributed by atoms with Crippen LogP contribution in [-0.4, -0.2) is 99.2 Å². The van der Waals surface area contributed by atoms with Crippen LogP contribution in [0.25, 0.3) is 0 Å². The van der Waals surface area contributed by atoms with E-state index in [2.05, 4.69) is 16.0 Å². The molecule has 1 aromatic carbocycles. The molecule has 4 aliphatic rings. The molecule has 0 spiro atoms. The van der Waals surface area contributed by atoms with Gasteiger partial charge in [-0.3, -0.25) is 14.4 Å². The lowest BCUT2D eigenvalue weighted by Crippen LogP contribution is -2.59. The standard InChI is InChI=1S/C38H53N5O9/c1-23(2)30(40-35(49)52-37(3,4)5)32(45)39-28-16-10-8-6-7-9-15-26-20-38(26,34(47)48)41-31(44)29-19-27(22-43(29)33(28)46)51-36(50)42-18-17-24-13-11-12-14-25(24)21-42/h9,11-15,23,26-30H,6-8,10,16-22H2,1-5H3,(H,39,45)(H,40,49)(H,41,44)(H,47,48)/b15-9-/t26-,27-,28+,29+,30-,38-/m1/s1. The van der Waals surface area contributed by atoms with Crippen LogP contribution in [0.3, 0.4) is 0 Å². The SMILES string of the molecule is CC(C)[C@@H](NC(=O)OC(C)(C)C)C(=O)N[C@H]1CCCCC/C=C\[C@@H]2C[C@@]2(C(=O)O)NC(=O)[C@@H]2C[C@@H](OC(=O)N3CCc4ccccc4C3)CN2C1=O. The second-order valence-electron chi connectivity index (χ2n) is 15.8. The van der Waals surface area contributed by atoms with Crippen LogP contribution in [-0.2, 0) is 41.6 Å².